The zero-order chi connectivity index (χ0) is 15.6. The molecule has 1 saturated carbocycles. The highest BCUT2D eigenvalue weighted by Gasteiger charge is 2.43. The molecule has 2 aliphatic rings. The van der Waals surface area contributed by atoms with Crippen molar-refractivity contribution in [3.05, 3.63) is 39.9 Å². The van der Waals surface area contributed by atoms with Gasteiger partial charge in [0, 0.05) is 18.0 Å². The van der Waals surface area contributed by atoms with Gasteiger partial charge < -0.3 is 4.74 Å². The molecular weight excluding hydrogens is 338 g/mol. The molecule has 22 heavy (non-hydrogen) atoms. The Morgan fingerprint density at radius 1 is 1.41 bits per heavy atom. The molecule has 2 nitrogen and oxygen atoms in total. The summed E-state index contributed by atoms with van der Waals surface area (Å²) in [5.74, 6) is 0. The Balaban J connectivity index is 1.94. The third-order valence-electron chi connectivity index (χ3n) is 5.29. The molecule has 0 aromatic heterocycles. The Bertz CT molecular complexity index is 621. The molecule has 1 spiro atoms. The summed E-state index contributed by atoms with van der Waals surface area (Å²) in [6, 6.07) is 8.92. The summed E-state index contributed by atoms with van der Waals surface area (Å²) >= 11 is 3.61. The second-order valence-electron chi connectivity index (χ2n) is 6.51. The lowest BCUT2D eigenvalue weighted by Crippen LogP contribution is -2.30. The largest absolute Gasteiger partial charge is 0.381 e. The number of fused-ring (bicyclic) bond motifs is 1. The van der Waals surface area contributed by atoms with Crippen molar-refractivity contribution < 1.29 is 4.74 Å². The van der Waals surface area contributed by atoms with Crippen LogP contribution in [0.2, 0.25) is 0 Å². The van der Waals surface area contributed by atoms with Crippen LogP contribution in [0, 0.1) is 16.7 Å². The number of halogens is 1. The predicted molar refractivity (Wildman–Crippen MR) is 92.4 cm³/mol. The smallest absolute Gasteiger partial charge is 0.0625 e. The quantitative estimate of drug-likeness (QED) is 0.688. The zero-order valence-electron chi connectivity index (χ0n) is 13.1. The van der Waals surface area contributed by atoms with E-state index in [1.807, 2.05) is 7.11 Å². The average Bonchev–Trinajstić information content (AvgIpc) is 2.82. The summed E-state index contributed by atoms with van der Waals surface area (Å²) in [5, 5.41) is 8.84. The summed E-state index contributed by atoms with van der Waals surface area (Å²) in [4.78, 5) is 0. The van der Waals surface area contributed by atoms with Crippen LogP contribution in [0.1, 0.15) is 49.7 Å². The minimum atomic E-state index is 0.271. The van der Waals surface area contributed by atoms with Crippen molar-refractivity contribution in [2.75, 3.05) is 7.11 Å². The number of hydrogen-bond donors (Lipinski definition) is 0. The molecule has 0 bridgehead atoms. The minimum absolute atomic E-state index is 0.271. The molecule has 0 heterocycles. The molecule has 2 aliphatic carbocycles. The third kappa shape index (κ3) is 2.87. The number of benzene rings is 1. The Morgan fingerprint density at radius 3 is 2.86 bits per heavy atom. The van der Waals surface area contributed by atoms with Crippen LogP contribution in [0.25, 0.3) is 5.57 Å². The molecule has 1 fully saturated rings. The van der Waals surface area contributed by atoms with Crippen LogP contribution >= 0.6 is 15.9 Å². The molecular formula is C19H22BrNO. The molecule has 0 atom stereocenters. The lowest BCUT2D eigenvalue weighted by molar-refractivity contribution is 0.0447. The molecule has 0 amide bonds. The fourth-order valence-corrected chi connectivity index (χ4v) is 4.49. The zero-order valence-corrected chi connectivity index (χ0v) is 14.7. The first kappa shape index (κ1) is 15.8. The van der Waals surface area contributed by atoms with Crippen molar-refractivity contribution in [1.82, 2.24) is 0 Å². The van der Waals surface area contributed by atoms with Gasteiger partial charge in [-0.1, -0.05) is 28.1 Å². The van der Waals surface area contributed by atoms with Gasteiger partial charge in [0.1, 0.15) is 0 Å². The van der Waals surface area contributed by atoms with Gasteiger partial charge in [-0.25, -0.2) is 0 Å². The molecule has 116 valence electrons. The summed E-state index contributed by atoms with van der Waals surface area (Å²) < 4.78 is 6.69. The van der Waals surface area contributed by atoms with Crippen LogP contribution in [-0.2, 0) is 11.2 Å². The Kier molecular flexibility index (Phi) is 4.70. The maximum Gasteiger partial charge on any atom is 0.0625 e. The Labute approximate surface area is 141 Å². The molecule has 0 radical (unpaired) electrons. The third-order valence-corrected chi connectivity index (χ3v) is 5.78. The first-order valence-electron chi connectivity index (χ1n) is 8.08. The van der Waals surface area contributed by atoms with Gasteiger partial charge in [0.15, 0.2) is 0 Å². The van der Waals surface area contributed by atoms with Gasteiger partial charge in [0.2, 0.25) is 0 Å². The van der Waals surface area contributed by atoms with Gasteiger partial charge >= 0.3 is 0 Å². The van der Waals surface area contributed by atoms with Crippen molar-refractivity contribution in [3.8, 4) is 6.07 Å². The molecule has 0 unspecified atom stereocenters. The summed E-state index contributed by atoms with van der Waals surface area (Å²) in [6.45, 7) is 0. The lowest BCUT2D eigenvalue weighted by atomic mass is 9.68. The first-order chi connectivity index (χ1) is 10.7. The fourth-order valence-electron chi connectivity index (χ4n) is 4.13. The van der Waals surface area contributed by atoms with Crippen LogP contribution in [-0.4, -0.2) is 13.2 Å². The van der Waals surface area contributed by atoms with Crippen molar-refractivity contribution >= 4 is 21.5 Å². The molecule has 0 N–H and O–H groups in total. The van der Waals surface area contributed by atoms with Crippen molar-refractivity contribution in [3.63, 3.8) is 0 Å². The van der Waals surface area contributed by atoms with Gasteiger partial charge in [-0.15, -0.1) is 0 Å². The van der Waals surface area contributed by atoms with E-state index in [2.05, 4.69) is 46.3 Å². The van der Waals surface area contributed by atoms with E-state index in [0.717, 1.165) is 30.2 Å². The van der Waals surface area contributed by atoms with E-state index in [9.17, 15) is 0 Å². The molecule has 3 rings (SSSR count). The van der Waals surface area contributed by atoms with Gasteiger partial charge in [0.05, 0.1) is 12.2 Å². The number of methoxy groups -OCH3 is 1. The van der Waals surface area contributed by atoms with Crippen LogP contribution in [0.15, 0.2) is 28.7 Å². The second-order valence-corrected chi connectivity index (χ2v) is 7.42. The summed E-state index contributed by atoms with van der Waals surface area (Å²) in [6.07, 6.45) is 10.0. The van der Waals surface area contributed by atoms with E-state index < -0.39 is 0 Å². The maximum atomic E-state index is 8.84. The number of rotatable bonds is 3. The van der Waals surface area contributed by atoms with Crippen LogP contribution in [0.5, 0.6) is 0 Å². The van der Waals surface area contributed by atoms with Gasteiger partial charge in [0.25, 0.3) is 0 Å². The fraction of sp³-hybridized carbons (Fsp3) is 0.526. The normalized spacial score (nSPS) is 28.8. The predicted octanol–water partition coefficient (Wildman–Crippen LogP) is 5.27. The van der Waals surface area contributed by atoms with Crippen molar-refractivity contribution in [1.29, 1.82) is 5.26 Å². The van der Waals surface area contributed by atoms with Crippen molar-refractivity contribution in [2.24, 2.45) is 5.41 Å². The Morgan fingerprint density at radius 2 is 2.18 bits per heavy atom. The van der Waals surface area contributed by atoms with E-state index in [-0.39, 0.29) is 5.41 Å². The van der Waals surface area contributed by atoms with Gasteiger partial charge in [-0.3, -0.25) is 0 Å². The SMILES string of the molecule is COC1CCC2(CC1)Cc1ccc(Br)cc1C2=CCCC#N. The van der Waals surface area contributed by atoms with Crippen molar-refractivity contribution in [2.45, 2.75) is 51.0 Å². The molecule has 3 heteroatoms. The lowest BCUT2D eigenvalue weighted by Gasteiger charge is -2.38. The van der Waals surface area contributed by atoms with Crippen LogP contribution in [0.3, 0.4) is 0 Å². The van der Waals surface area contributed by atoms with Gasteiger partial charge in [-0.05, 0) is 72.8 Å². The second kappa shape index (κ2) is 6.56. The van der Waals surface area contributed by atoms with Crippen LogP contribution < -0.4 is 0 Å². The number of nitrogens with zero attached hydrogens (tertiary/aromatic N) is 1. The monoisotopic (exact) mass is 359 g/mol. The van der Waals surface area contributed by atoms with E-state index >= 15 is 0 Å². The molecule has 1 aromatic carbocycles. The molecule has 1 aromatic rings. The average molecular weight is 360 g/mol. The highest BCUT2D eigenvalue weighted by atomic mass is 79.9. The van der Waals surface area contributed by atoms with E-state index in [1.54, 1.807) is 0 Å². The van der Waals surface area contributed by atoms with Crippen LogP contribution in [0.4, 0.5) is 0 Å². The number of nitriles is 1. The number of ether oxygens (including phenoxy) is 1. The molecule has 0 aliphatic heterocycles. The first-order valence-corrected chi connectivity index (χ1v) is 8.87. The topological polar surface area (TPSA) is 33.0 Å². The maximum absolute atomic E-state index is 8.84. The summed E-state index contributed by atoms with van der Waals surface area (Å²) in [5.41, 5.74) is 4.60. The van der Waals surface area contributed by atoms with E-state index in [0.29, 0.717) is 12.5 Å². The van der Waals surface area contributed by atoms with Gasteiger partial charge in [-0.2, -0.15) is 5.26 Å². The molecule has 0 saturated heterocycles. The van der Waals surface area contributed by atoms with E-state index in [1.165, 1.54) is 29.5 Å². The number of unbranched alkanes of at least 4 members (excludes halogenated alkanes) is 1. The number of allylic oxidation sites excluding steroid dienone is 2. The Hall–Kier alpha value is -1.11. The van der Waals surface area contributed by atoms with E-state index in [4.69, 9.17) is 10.00 Å². The standard InChI is InChI=1S/C19H22BrNO/c1-22-16-7-9-19(10-8-16)13-14-5-6-15(20)12-17(14)18(19)4-2-3-11-21/h4-6,12,16H,2-3,7-10,13H2,1H3. The highest BCUT2D eigenvalue weighted by Crippen LogP contribution is 2.55. The number of hydrogen-bond acceptors (Lipinski definition) is 2. The minimum Gasteiger partial charge on any atom is -0.381 e. The summed E-state index contributed by atoms with van der Waals surface area (Å²) in [7, 11) is 1.83. The highest BCUT2D eigenvalue weighted by molar-refractivity contribution is 9.10.